The summed E-state index contributed by atoms with van der Waals surface area (Å²) in [6, 6.07) is 16.0. The Hall–Kier alpha value is -4.01. The second-order valence-corrected chi connectivity index (χ2v) is 7.48. The average Bonchev–Trinajstić information content (AvgIpc) is 3.17. The van der Waals surface area contributed by atoms with Gasteiger partial charge in [-0.3, -0.25) is 13.9 Å². The van der Waals surface area contributed by atoms with E-state index in [4.69, 9.17) is 0 Å². The second-order valence-electron chi connectivity index (χ2n) is 7.48. The molecule has 0 spiro atoms. The Morgan fingerprint density at radius 2 is 1.75 bits per heavy atom. The number of imidazole rings is 1. The highest BCUT2D eigenvalue weighted by atomic mass is 19.1. The lowest BCUT2D eigenvalue weighted by Gasteiger charge is -2.09. The van der Waals surface area contributed by atoms with E-state index in [0.29, 0.717) is 23.6 Å². The van der Waals surface area contributed by atoms with Gasteiger partial charge in [-0.2, -0.15) is 10.1 Å². The van der Waals surface area contributed by atoms with Crippen molar-refractivity contribution in [3.63, 3.8) is 0 Å². The van der Waals surface area contributed by atoms with Crippen molar-refractivity contribution < 1.29 is 4.39 Å². The van der Waals surface area contributed by atoms with Crippen molar-refractivity contribution in [1.29, 1.82) is 0 Å². The van der Waals surface area contributed by atoms with Gasteiger partial charge in [-0.15, -0.1) is 0 Å². The molecule has 0 aliphatic rings. The van der Waals surface area contributed by atoms with Gasteiger partial charge in [-0.1, -0.05) is 42.5 Å². The van der Waals surface area contributed by atoms with Gasteiger partial charge in [0.25, 0.3) is 5.56 Å². The SMILES string of the molecule is Cn1c(=O)c2c(nc(NN=Cc3ccc(F)cc3)n2CCCc2ccccc2)n(C)c1=O. The number of hydrazone groups is 1. The van der Waals surface area contributed by atoms with Crippen molar-refractivity contribution in [2.75, 3.05) is 5.43 Å². The molecule has 164 valence electrons. The Bertz CT molecular complexity index is 1380. The van der Waals surface area contributed by atoms with Gasteiger partial charge >= 0.3 is 5.69 Å². The normalized spacial score (nSPS) is 11.5. The maximum atomic E-state index is 13.1. The van der Waals surface area contributed by atoms with E-state index in [1.54, 1.807) is 23.7 Å². The Morgan fingerprint density at radius 1 is 1.03 bits per heavy atom. The van der Waals surface area contributed by atoms with E-state index in [2.05, 4.69) is 27.6 Å². The van der Waals surface area contributed by atoms with Gasteiger partial charge in [-0.05, 0) is 36.1 Å². The largest absolute Gasteiger partial charge is 0.332 e. The summed E-state index contributed by atoms with van der Waals surface area (Å²) in [6.45, 7) is 0.507. The summed E-state index contributed by atoms with van der Waals surface area (Å²) < 4.78 is 17.3. The number of aromatic nitrogens is 4. The smallest absolute Gasteiger partial charge is 0.303 e. The second kappa shape index (κ2) is 9.01. The predicted octanol–water partition coefficient (Wildman–Crippen LogP) is 2.65. The minimum absolute atomic E-state index is 0.289. The molecule has 0 bridgehead atoms. The summed E-state index contributed by atoms with van der Waals surface area (Å²) in [7, 11) is 3.03. The zero-order valence-electron chi connectivity index (χ0n) is 17.8. The number of benzene rings is 2. The molecule has 32 heavy (non-hydrogen) atoms. The standard InChI is InChI=1S/C23H23FN6O2/c1-28-20-19(21(31)29(2)23(28)32)30(14-6-9-16-7-4-3-5-8-16)22(26-20)27-25-15-17-10-12-18(24)13-11-17/h3-5,7-8,10-13,15H,6,9,14H2,1-2H3,(H,26,27). The molecule has 0 aliphatic carbocycles. The molecule has 0 atom stereocenters. The molecule has 0 radical (unpaired) electrons. The van der Waals surface area contributed by atoms with Gasteiger partial charge in [0, 0.05) is 20.6 Å². The molecule has 0 saturated heterocycles. The molecule has 0 amide bonds. The summed E-state index contributed by atoms with van der Waals surface area (Å²) in [5, 5.41) is 4.19. The lowest BCUT2D eigenvalue weighted by molar-refractivity contribution is 0.628. The lowest BCUT2D eigenvalue weighted by Crippen LogP contribution is -2.37. The van der Waals surface area contributed by atoms with Gasteiger partial charge in [-0.25, -0.2) is 14.6 Å². The average molecular weight is 434 g/mol. The third-order valence-electron chi connectivity index (χ3n) is 5.29. The molecule has 0 aliphatic heterocycles. The van der Waals surface area contributed by atoms with Crippen molar-refractivity contribution in [3.8, 4) is 0 Å². The van der Waals surface area contributed by atoms with E-state index in [9.17, 15) is 14.0 Å². The van der Waals surface area contributed by atoms with Crippen LogP contribution in [0, 0.1) is 5.82 Å². The first-order chi connectivity index (χ1) is 15.5. The van der Waals surface area contributed by atoms with Crippen molar-refractivity contribution in [2.24, 2.45) is 19.2 Å². The van der Waals surface area contributed by atoms with Crippen LogP contribution in [0.5, 0.6) is 0 Å². The Morgan fingerprint density at radius 3 is 2.47 bits per heavy atom. The third kappa shape index (κ3) is 4.22. The first-order valence-corrected chi connectivity index (χ1v) is 10.2. The summed E-state index contributed by atoms with van der Waals surface area (Å²) >= 11 is 0. The molecular formula is C23H23FN6O2. The van der Waals surface area contributed by atoms with Gasteiger partial charge < -0.3 is 4.57 Å². The lowest BCUT2D eigenvalue weighted by atomic mass is 10.1. The molecule has 0 fully saturated rings. The fourth-order valence-electron chi connectivity index (χ4n) is 3.55. The third-order valence-corrected chi connectivity index (χ3v) is 5.29. The van der Waals surface area contributed by atoms with E-state index in [0.717, 1.165) is 17.4 Å². The number of anilines is 1. The Kier molecular flexibility index (Phi) is 5.98. The number of aryl methyl sites for hydroxylation is 3. The number of hydrogen-bond acceptors (Lipinski definition) is 5. The van der Waals surface area contributed by atoms with Crippen molar-refractivity contribution in [1.82, 2.24) is 18.7 Å². The molecule has 0 saturated carbocycles. The summed E-state index contributed by atoms with van der Waals surface area (Å²) in [5.74, 6) is 0.0248. The summed E-state index contributed by atoms with van der Waals surface area (Å²) in [5.41, 5.74) is 4.54. The predicted molar refractivity (Wildman–Crippen MR) is 123 cm³/mol. The molecule has 2 heterocycles. The number of nitrogens with zero attached hydrogens (tertiary/aromatic N) is 5. The van der Waals surface area contributed by atoms with Crippen LogP contribution < -0.4 is 16.7 Å². The van der Waals surface area contributed by atoms with Crippen molar-refractivity contribution in [2.45, 2.75) is 19.4 Å². The van der Waals surface area contributed by atoms with Gasteiger partial charge in [0.2, 0.25) is 5.95 Å². The van der Waals surface area contributed by atoms with Crippen LogP contribution in [0.25, 0.3) is 11.2 Å². The van der Waals surface area contributed by atoms with Crippen LogP contribution in [-0.2, 0) is 27.1 Å². The van der Waals surface area contributed by atoms with Crippen LogP contribution in [0.15, 0.2) is 69.3 Å². The molecule has 9 heteroatoms. The quantitative estimate of drug-likeness (QED) is 0.358. The molecule has 4 aromatic rings. The van der Waals surface area contributed by atoms with Crippen molar-refractivity contribution in [3.05, 3.63) is 92.4 Å². The van der Waals surface area contributed by atoms with E-state index in [1.165, 1.54) is 35.5 Å². The van der Waals surface area contributed by atoms with Crippen LogP contribution in [-0.4, -0.2) is 24.9 Å². The zero-order valence-corrected chi connectivity index (χ0v) is 17.8. The van der Waals surface area contributed by atoms with Crippen LogP contribution >= 0.6 is 0 Å². The van der Waals surface area contributed by atoms with Crippen LogP contribution in [0.1, 0.15) is 17.5 Å². The van der Waals surface area contributed by atoms with Gasteiger partial charge in [0.1, 0.15) is 5.82 Å². The van der Waals surface area contributed by atoms with Gasteiger partial charge in [0.15, 0.2) is 11.2 Å². The fourth-order valence-corrected chi connectivity index (χ4v) is 3.55. The van der Waals surface area contributed by atoms with Crippen LogP contribution in [0.4, 0.5) is 10.3 Å². The summed E-state index contributed by atoms with van der Waals surface area (Å²) in [4.78, 5) is 29.7. The molecular weight excluding hydrogens is 411 g/mol. The number of fused-ring (bicyclic) bond motifs is 1. The molecule has 8 nitrogen and oxygen atoms in total. The topological polar surface area (TPSA) is 86.2 Å². The minimum atomic E-state index is -0.446. The van der Waals surface area contributed by atoms with Gasteiger partial charge in [0.05, 0.1) is 6.21 Å². The molecule has 2 aromatic heterocycles. The van der Waals surface area contributed by atoms with E-state index in [-0.39, 0.29) is 11.5 Å². The molecule has 0 unspecified atom stereocenters. The first kappa shape index (κ1) is 21.2. The zero-order chi connectivity index (χ0) is 22.7. The maximum absolute atomic E-state index is 13.1. The number of hydrogen-bond donors (Lipinski definition) is 1. The van der Waals surface area contributed by atoms with E-state index in [1.807, 2.05) is 18.2 Å². The fraction of sp³-hybridized carbons (Fsp3) is 0.217. The number of halogens is 1. The van der Waals surface area contributed by atoms with E-state index >= 15 is 0 Å². The van der Waals surface area contributed by atoms with Crippen molar-refractivity contribution >= 4 is 23.3 Å². The Labute approximate surface area is 183 Å². The highest BCUT2D eigenvalue weighted by Gasteiger charge is 2.18. The molecule has 1 N–H and O–H groups in total. The number of nitrogens with one attached hydrogen (secondary N) is 1. The van der Waals surface area contributed by atoms with Crippen LogP contribution in [0.2, 0.25) is 0 Å². The molecule has 2 aromatic carbocycles. The van der Waals surface area contributed by atoms with Crippen LogP contribution in [0.3, 0.4) is 0 Å². The summed E-state index contributed by atoms with van der Waals surface area (Å²) in [6.07, 6.45) is 3.12. The highest BCUT2D eigenvalue weighted by Crippen LogP contribution is 2.17. The molecule has 4 rings (SSSR count). The first-order valence-electron chi connectivity index (χ1n) is 10.2. The Balaban J connectivity index is 1.68. The minimum Gasteiger partial charge on any atom is -0.303 e. The van der Waals surface area contributed by atoms with E-state index < -0.39 is 11.2 Å². The highest BCUT2D eigenvalue weighted by molar-refractivity contribution is 5.80. The monoisotopic (exact) mass is 434 g/mol. The number of rotatable bonds is 7. The maximum Gasteiger partial charge on any atom is 0.332 e.